The van der Waals surface area contributed by atoms with E-state index in [1.165, 1.54) is 17.1 Å². The van der Waals surface area contributed by atoms with Gasteiger partial charge in [-0.15, -0.1) is 0 Å². The van der Waals surface area contributed by atoms with Crippen LogP contribution in [0.1, 0.15) is 12.5 Å². The quantitative estimate of drug-likeness (QED) is 0.745. The molecule has 1 saturated heterocycles. The second-order valence-corrected chi connectivity index (χ2v) is 5.65. The highest BCUT2D eigenvalue weighted by atomic mass is 16.7. The number of fused-ring (bicyclic) bond motifs is 1. The number of rotatable bonds is 3. The molecule has 3 aromatic rings. The molecule has 0 radical (unpaired) electrons. The van der Waals surface area contributed by atoms with E-state index in [0.29, 0.717) is 13.2 Å². The Balaban J connectivity index is 1.78. The Labute approximate surface area is 128 Å². The van der Waals surface area contributed by atoms with E-state index in [1.54, 1.807) is 11.0 Å². The van der Waals surface area contributed by atoms with Gasteiger partial charge < -0.3 is 9.47 Å². The van der Waals surface area contributed by atoms with Crippen molar-refractivity contribution in [3.63, 3.8) is 0 Å². The first-order valence-corrected chi connectivity index (χ1v) is 7.39. The van der Waals surface area contributed by atoms with Crippen molar-refractivity contribution in [2.75, 3.05) is 6.61 Å². The van der Waals surface area contributed by atoms with Crippen LogP contribution in [-0.4, -0.2) is 27.5 Å². The predicted octanol–water partition coefficient (Wildman–Crippen LogP) is 2.72. The van der Waals surface area contributed by atoms with Gasteiger partial charge in [-0.3, -0.25) is 0 Å². The molecule has 2 atom stereocenters. The van der Waals surface area contributed by atoms with Crippen LogP contribution in [0.4, 0.5) is 0 Å². The van der Waals surface area contributed by atoms with Gasteiger partial charge in [0.15, 0.2) is 0 Å². The Morgan fingerprint density at radius 2 is 2.09 bits per heavy atom. The van der Waals surface area contributed by atoms with E-state index in [-0.39, 0.29) is 6.10 Å². The molecule has 5 nitrogen and oxygen atoms in total. The summed E-state index contributed by atoms with van der Waals surface area (Å²) in [6.07, 6.45) is 3.25. The van der Waals surface area contributed by atoms with Gasteiger partial charge in [-0.05, 0) is 23.8 Å². The molecule has 0 aliphatic carbocycles. The van der Waals surface area contributed by atoms with Crippen LogP contribution in [0.5, 0.6) is 0 Å². The minimum absolute atomic E-state index is 0.0509. The zero-order chi connectivity index (χ0) is 15.0. The van der Waals surface area contributed by atoms with Gasteiger partial charge in [-0.1, -0.05) is 36.4 Å². The van der Waals surface area contributed by atoms with Crippen molar-refractivity contribution in [1.29, 1.82) is 0 Å². The highest BCUT2D eigenvalue weighted by Gasteiger charge is 2.42. The maximum atomic E-state index is 6.15. The average Bonchev–Trinajstić information content (AvgIpc) is 3.18. The molecular formula is C17H17N3O2. The summed E-state index contributed by atoms with van der Waals surface area (Å²) >= 11 is 0. The summed E-state index contributed by atoms with van der Waals surface area (Å²) in [4.78, 5) is 4.00. The van der Waals surface area contributed by atoms with Crippen LogP contribution in [0.2, 0.25) is 0 Å². The molecule has 4 rings (SSSR count). The van der Waals surface area contributed by atoms with Crippen LogP contribution in [-0.2, 0) is 21.8 Å². The molecule has 1 aromatic heterocycles. The molecule has 0 N–H and O–H groups in total. The van der Waals surface area contributed by atoms with Crippen LogP contribution >= 0.6 is 0 Å². The Morgan fingerprint density at radius 1 is 1.23 bits per heavy atom. The third kappa shape index (κ3) is 2.28. The van der Waals surface area contributed by atoms with E-state index in [1.807, 2.05) is 19.1 Å². The normalized spacial score (nSPS) is 24.9. The average molecular weight is 295 g/mol. The third-order valence-corrected chi connectivity index (χ3v) is 3.97. The van der Waals surface area contributed by atoms with Gasteiger partial charge in [0.2, 0.25) is 5.79 Å². The third-order valence-electron chi connectivity index (χ3n) is 3.97. The van der Waals surface area contributed by atoms with Crippen molar-refractivity contribution in [2.24, 2.45) is 0 Å². The van der Waals surface area contributed by atoms with Crippen LogP contribution in [0, 0.1) is 0 Å². The smallest absolute Gasteiger partial charge is 0.215 e. The molecule has 1 aliphatic rings. The largest absolute Gasteiger partial charge is 0.342 e. The number of aromatic nitrogens is 3. The molecule has 0 amide bonds. The summed E-state index contributed by atoms with van der Waals surface area (Å²) in [6.45, 7) is 3.07. The highest BCUT2D eigenvalue weighted by molar-refractivity contribution is 5.83. The van der Waals surface area contributed by atoms with Crippen molar-refractivity contribution in [1.82, 2.24) is 14.8 Å². The van der Waals surface area contributed by atoms with Crippen molar-refractivity contribution < 1.29 is 9.47 Å². The molecule has 2 aromatic carbocycles. The molecule has 0 saturated carbocycles. The lowest BCUT2D eigenvalue weighted by Crippen LogP contribution is -2.33. The fraction of sp³-hybridized carbons (Fsp3) is 0.294. The topological polar surface area (TPSA) is 49.2 Å². The van der Waals surface area contributed by atoms with Crippen molar-refractivity contribution in [3.05, 3.63) is 60.7 Å². The Morgan fingerprint density at radius 3 is 2.82 bits per heavy atom. The molecule has 2 heterocycles. The van der Waals surface area contributed by atoms with Crippen LogP contribution in [0.3, 0.4) is 0 Å². The number of hydrogen-bond donors (Lipinski definition) is 0. The molecular weight excluding hydrogens is 278 g/mol. The lowest BCUT2D eigenvalue weighted by atomic mass is 10.0. The maximum Gasteiger partial charge on any atom is 0.215 e. The van der Waals surface area contributed by atoms with Crippen LogP contribution < -0.4 is 0 Å². The summed E-state index contributed by atoms with van der Waals surface area (Å²) in [5, 5.41) is 6.56. The zero-order valence-electron chi connectivity index (χ0n) is 12.3. The maximum absolute atomic E-state index is 6.15. The van der Waals surface area contributed by atoms with E-state index in [9.17, 15) is 0 Å². The Hall–Kier alpha value is -2.24. The molecule has 1 aliphatic heterocycles. The lowest BCUT2D eigenvalue weighted by molar-refractivity contribution is -0.186. The summed E-state index contributed by atoms with van der Waals surface area (Å²) < 4.78 is 13.9. The molecule has 1 fully saturated rings. The Kier molecular flexibility index (Phi) is 3.17. The van der Waals surface area contributed by atoms with E-state index in [2.05, 4.69) is 40.4 Å². The number of nitrogens with zero attached hydrogens (tertiary/aromatic N) is 3. The SMILES string of the molecule is CC1COC(Cn2cncn2)(c2ccc3ccccc3c2)O1. The summed E-state index contributed by atoms with van der Waals surface area (Å²) in [5.41, 5.74) is 1.01. The fourth-order valence-electron chi connectivity index (χ4n) is 2.92. The number of ether oxygens (including phenoxy) is 2. The van der Waals surface area contributed by atoms with Crippen LogP contribution in [0.25, 0.3) is 10.8 Å². The second-order valence-electron chi connectivity index (χ2n) is 5.65. The molecule has 5 heteroatoms. The molecule has 112 valence electrons. The van der Waals surface area contributed by atoms with Gasteiger partial charge in [0.05, 0.1) is 12.7 Å². The number of benzene rings is 2. The van der Waals surface area contributed by atoms with Gasteiger partial charge in [-0.25, -0.2) is 9.67 Å². The lowest BCUT2D eigenvalue weighted by Gasteiger charge is -2.28. The first kappa shape index (κ1) is 13.4. The minimum Gasteiger partial charge on any atom is -0.342 e. The molecule has 0 spiro atoms. The summed E-state index contributed by atoms with van der Waals surface area (Å²) in [6, 6.07) is 14.6. The predicted molar refractivity (Wildman–Crippen MR) is 82.1 cm³/mol. The second kappa shape index (κ2) is 5.19. The van der Waals surface area contributed by atoms with E-state index >= 15 is 0 Å². The van der Waals surface area contributed by atoms with E-state index in [0.717, 1.165) is 5.56 Å². The van der Waals surface area contributed by atoms with Crippen LogP contribution in [0.15, 0.2) is 55.1 Å². The summed E-state index contributed by atoms with van der Waals surface area (Å²) in [5.74, 6) is -0.808. The van der Waals surface area contributed by atoms with Gasteiger partial charge in [-0.2, -0.15) is 5.10 Å². The Bertz CT molecular complexity index is 787. The van der Waals surface area contributed by atoms with E-state index in [4.69, 9.17) is 9.47 Å². The fourth-order valence-corrected chi connectivity index (χ4v) is 2.92. The van der Waals surface area contributed by atoms with Gasteiger partial charge in [0.25, 0.3) is 0 Å². The van der Waals surface area contributed by atoms with Gasteiger partial charge in [0.1, 0.15) is 19.2 Å². The van der Waals surface area contributed by atoms with Crippen molar-refractivity contribution in [2.45, 2.75) is 25.4 Å². The van der Waals surface area contributed by atoms with Crippen molar-refractivity contribution >= 4 is 10.8 Å². The van der Waals surface area contributed by atoms with Gasteiger partial charge in [0, 0.05) is 5.56 Å². The zero-order valence-corrected chi connectivity index (χ0v) is 12.3. The van der Waals surface area contributed by atoms with Gasteiger partial charge >= 0.3 is 0 Å². The minimum atomic E-state index is -0.808. The highest BCUT2D eigenvalue weighted by Crippen LogP contribution is 2.37. The molecule has 0 bridgehead atoms. The molecule has 22 heavy (non-hydrogen) atoms. The number of hydrogen-bond acceptors (Lipinski definition) is 4. The van der Waals surface area contributed by atoms with Crippen molar-refractivity contribution in [3.8, 4) is 0 Å². The first-order chi connectivity index (χ1) is 10.8. The monoisotopic (exact) mass is 295 g/mol. The molecule has 2 unspecified atom stereocenters. The summed E-state index contributed by atoms with van der Waals surface area (Å²) in [7, 11) is 0. The first-order valence-electron chi connectivity index (χ1n) is 7.39. The standard InChI is InChI=1S/C17H17N3O2/c1-13-9-21-17(22-13,10-20-12-18-11-19-20)16-7-6-14-4-2-3-5-15(14)8-16/h2-8,11-13H,9-10H2,1H3. The van der Waals surface area contributed by atoms with E-state index < -0.39 is 5.79 Å².